The van der Waals surface area contributed by atoms with Crippen molar-refractivity contribution >= 4 is 23.2 Å². The van der Waals surface area contributed by atoms with E-state index < -0.39 is 0 Å². The zero-order valence-electron chi connectivity index (χ0n) is 15.4. The lowest BCUT2D eigenvalue weighted by molar-refractivity contribution is -0.116. The number of rotatable bonds is 7. The first-order chi connectivity index (χ1) is 11.9. The lowest BCUT2D eigenvalue weighted by Crippen LogP contribution is -2.12. The Balaban J connectivity index is 1.75. The van der Waals surface area contributed by atoms with Gasteiger partial charge in [-0.25, -0.2) is 0 Å². The summed E-state index contributed by atoms with van der Waals surface area (Å²) in [6.07, 6.45) is 1.09. The fourth-order valence-corrected chi connectivity index (χ4v) is 2.70. The molecule has 0 aliphatic heterocycles. The molecule has 0 aromatic heterocycles. The molecule has 0 saturated heterocycles. The molecule has 0 saturated carbocycles. The zero-order valence-corrected chi connectivity index (χ0v) is 16.1. The number of carbonyl (C=O) groups excluding carboxylic acids is 1. The van der Waals surface area contributed by atoms with Gasteiger partial charge in [-0.3, -0.25) is 4.79 Å². The van der Waals surface area contributed by atoms with Crippen LogP contribution in [0.2, 0.25) is 5.02 Å². The van der Waals surface area contributed by atoms with Crippen LogP contribution in [0.3, 0.4) is 0 Å². The van der Waals surface area contributed by atoms with Gasteiger partial charge in [-0.1, -0.05) is 37.6 Å². The molecule has 0 atom stereocenters. The van der Waals surface area contributed by atoms with Crippen molar-refractivity contribution in [3.05, 3.63) is 58.1 Å². The molecule has 2 aromatic carbocycles. The Morgan fingerprint density at radius 3 is 2.28 bits per heavy atom. The third kappa shape index (κ3) is 5.79. The van der Waals surface area contributed by atoms with Gasteiger partial charge in [0.1, 0.15) is 5.75 Å². The Kier molecular flexibility index (Phi) is 6.89. The van der Waals surface area contributed by atoms with E-state index in [0.29, 0.717) is 25.4 Å². The minimum absolute atomic E-state index is 0.00404. The van der Waals surface area contributed by atoms with E-state index in [2.05, 4.69) is 31.3 Å². The first-order valence-electron chi connectivity index (χ1n) is 8.66. The highest BCUT2D eigenvalue weighted by atomic mass is 35.5. The van der Waals surface area contributed by atoms with Gasteiger partial charge in [-0.15, -0.1) is 0 Å². The average Bonchev–Trinajstić information content (AvgIpc) is 2.57. The number of benzene rings is 2. The van der Waals surface area contributed by atoms with E-state index in [1.165, 1.54) is 5.56 Å². The second-order valence-corrected chi connectivity index (χ2v) is 7.03. The fraction of sp³-hybridized carbons (Fsp3) is 0.381. The highest BCUT2D eigenvalue weighted by Crippen LogP contribution is 2.26. The van der Waals surface area contributed by atoms with Gasteiger partial charge in [0.25, 0.3) is 0 Å². The number of hydrogen-bond donors (Lipinski definition) is 1. The second kappa shape index (κ2) is 8.91. The Morgan fingerprint density at radius 2 is 1.72 bits per heavy atom. The van der Waals surface area contributed by atoms with E-state index in [0.717, 1.165) is 27.6 Å². The van der Waals surface area contributed by atoms with Crippen molar-refractivity contribution in [3.63, 3.8) is 0 Å². The maximum Gasteiger partial charge on any atom is 0.224 e. The summed E-state index contributed by atoms with van der Waals surface area (Å²) in [6, 6.07) is 11.8. The van der Waals surface area contributed by atoms with Gasteiger partial charge in [0, 0.05) is 17.1 Å². The molecule has 0 bridgehead atoms. The molecular weight excluding hydrogens is 334 g/mol. The quantitative estimate of drug-likeness (QED) is 0.627. The van der Waals surface area contributed by atoms with Gasteiger partial charge >= 0.3 is 0 Å². The summed E-state index contributed by atoms with van der Waals surface area (Å²) in [5, 5.41) is 3.69. The average molecular weight is 360 g/mol. The first kappa shape index (κ1) is 19.3. The molecule has 0 unspecified atom stereocenters. The summed E-state index contributed by atoms with van der Waals surface area (Å²) < 4.78 is 5.73. The lowest BCUT2D eigenvalue weighted by Gasteiger charge is -2.10. The maximum atomic E-state index is 12.0. The van der Waals surface area contributed by atoms with Crippen molar-refractivity contribution in [3.8, 4) is 5.75 Å². The smallest absolute Gasteiger partial charge is 0.224 e. The largest absolute Gasteiger partial charge is 0.494 e. The van der Waals surface area contributed by atoms with Crippen molar-refractivity contribution in [1.82, 2.24) is 0 Å². The van der Waals surface area contributed by atoms with Crippen LogP contribution in [0.1, 0.15) is 49.3 Å². The van der Waals surface area contributed by atoms with Gasteiger partial charge in [0.15, 0.2) is 0 Å². The molecule has 1 amide bonds. The van der Waals surface area contributed by atoms with Crippen molar-refractivity contribution in [2.45, 2.75) is 46.5 Å². The van der Waals surface area contributed by atoms with Gasteiger partial charge in [0.05, 0.1) is 6.61 Å². The molecule has 1 N–H and O–H groups in total. The van der Waals surface area contributed by atoms with Crippen LogP contribution in [0.5, 0.6) is 5.75 Å². The Hall–Kier alpha value is -2.00. The predicted molar refractivity (Wildman–Crippen MR) is 105 cm³/mol. The first-order valence-corrected chi connectivity index (χ1v) is 9.04. The molecule has 0 aliphatic carbocycles. The van der Waals surface area contributed by atoms with E-state index in [9.17, 15) is 4.79 Å². The normalized spacial score (nSPS) is 10.8. The van der Waals surface area contributed by atoms with Crippen molar-refractivity contribution in [1.29, 1.82) is 0 Å². The van der Waals surface area contributed by atoms with Crippen molar-refractivity contribution in [2.24, 2.45) is 0 Å². The SMILES string of the molecule is Cc1cc(OCCCC(=O)Nc2ccc(C(C)C)cc2)cc(C)c1Cl. The lowest BCUT2D eigenvalue weighted by atomic mass is 10.0. The zero-order chi connectivity index (χ0) is 18.4. The number of amides is 1. The summed E-state index contributed by atoms with van der Waals surface area (Å²) in [7, 11) is 0. The number of nitrogens with one attached hydrogen (secondary N) is 1. The molecule has 25 heavy (non-hydrogen) atoms. The summed E-state index contributed by atoms with van der Waals surface area (Å²) in [4.78, 5) is 12.0. The van der Waals surface area contributed by atoms with Gasteiger partial charge in [-0.05, 0) is 67.1 Å². The highest BCUT2D eigenvalue weighted by molar-refractivity contribution is 6.32. The maximum absolute atomic E-state index is 12.0. The number of aryl methyl sites for hydroxylation is 2. The van der Waals surface area contributed by atoms with E-state index in [1.54, 1.807) is 0 Å². The van der Waals surface area contributed by atoms with Crippen molar-refractivity contribution in [2.75, 3.05) is 11.9 Å². The molecule has 0 aliphatic rings. The van der Waals surface area contributed by atoms with E-state index in [-0.39, 0.29) is 5.91 Å². The standard InChI is InChI=1S/C21H26ClNO2/c1-14(2)17-7-9-18(10-8-17)23-20(24)6-5-11-25-19-12-15(3)21(22)16(4)13-19/h7-10,12-14H,5-6,11H2,1-4H3,(H,23,24). The molecule has 2 aromatic rings. The van der Waals surface area contributed by atoms with E-state index in [1.807, 2.05) is 38.1 Å². The minimum atomic E-state index is 0.00404. The monoisotopic (exact) mass is 359 g/mol. The highest BCUT2D eigenvalue weighted by Gasteiger charge is 2.06. The van der Waals surface area contributed by atoms with Crippen LogP contribution in [0.15, 0.2) is 36.4 Å². The number of halogens is 1. The molecule has 134 valence electrons. The molecular formula is C21H26ClNO2. The molecule has 4 heteroatoms. The van der Waals surface area contributed by atoms with Gasteiger partial charge in [0.2, 0.25) is 5.91 Å². The molecule has 0 spiro atoms. The number of ether oxygens (including phenoxy) is 1. The van der Waals surface area contributed by atoms with Crippen LogP contribution in [0, 0.1) is 13.8 Å². The molecule has 0 heterocycles. The van der Waals surface area contributed by atoms with Gasteiger partial charge in [-0.2, -0.15) is 0 Å². The predicted octanol–water partition coefficient (Wildman–Crippen LogP) is 5.88. The molecule has 2 rings (SSSR count). The fourth-order valence-electron chi connectivity index (χ4n) is 2.59. The van der Waals surface area contributed by atoms with Crippen LogP contribution in [0.25, 0.3) is 0 Å². The van der Waals surface area contributed by atoms with Crippen LogP contribution >= 0.6 is 11.6 Å². The van der Waals surface area contributed by atoms with E-state index in [4.69, 9.17) is 16.3 Å². The topological polar surface area (TPSA) is 38.3 Å². The Morgan fingerprint density at radius 1 is 1.12 bits per heavy atom. The van der Waals surface area contributed by atoms with Crippen LogP contribution in [-0.4, -0.2) is 12.5 Å². The Bertz CT molecular complexity index is 700. The summed E-state index contributed by atoms with van der Waals surface area (Å²) in [5.41, 5.74) is 4.10. The molecule has 3 nitrogen and oxygen atoms in total. The molecule has 0 fully saturated rings. The third-order valence-corrected chi connectivity index (χ3v) is 4.68. The summed E-state index contributed by atoms with van der Waals surface area (Å²) in [5.74, 6) is 1.29. The number of hydrogen-bond acceptors (Lipinski definition) is 2. The van der Waals surface area contributed by atoms with Crippen molar-refractivity contribution < 1.29 is 9.53 Å². The Labute approximate surface area is 155 Å². The molecule has 0 radical (unpaired) electrons. The number of anilines is 1. The summed E-state index contributed by atoms with van der Waals surface area (Å²) >= 11 is 6.15. The number of carbonyl (C=O) groups is 1. The van der Waals surface area contributed by atoms with Crippen LogP contribution in [-0.2, 0) is 4.79 Å². The van der Waals surface area contributed by atoms with Crippen LogP contribution < -0.4 is 10.1 Å². The van der Waals surface area contributed by atoms with Gasteiger partial charge < -0.3 is 10.1 Å². The van der Waals surface area contributed by atoms with E-state index >= 15 is 0 Å². The van der Waals surface area contributed by atoms with Crippen LogP contribution in [0.4, 0.5) is 5.69 Å². The second-order valence-electron chi connectivity index (χ2n) is 6.65. The summed E-state index contributed by atoms with van der Waals surface area (Å²) in [6.45, 7) is 8.72. The third-order valence-electron chi connectivity index (χ3n) is 4.09. The minimum Gasteiger partial charge on any atom is -0.494 e.